The lowest BCUT2D eigenvalue weighted by atomic mass is 10.2. The fraction of sp³-hybridized carbons (Fsp3) is 0.391. The topological polar surface area (TPSA) is 103 Å². The molecule has 3 rings (SSSR count). The Labute approximate surface area is 193 Å². The van der Waals surface area contributed by atoms with E-state index >= 15 is 0 Å². The number of amides is 1. The van der Waals surface area contributed by atoms with E-state index in [1.54, 1.807) is 49.1 Å². The number of fused-ring (bicyclic) bond motifs is 1. The number of nitrogens with zero attached hydrogens (tertiary/aromatic N) is 3. The van der Waals surface area contributed by atoms with Crippen LogP contribution in [0.1, 0.15) is 27.2 Å². The number of aryl methyl sites for hydroxylation is 2. The summed E-state index contributed by atoms with van der Waals surface area (Å²) >= 11 is 0. The van der Waals surface area contributed by atoms with E-state index in [-0.39, 0.29) is 35.2 Å². The molecule has 0 atom stereocenters. The van der Waals surface area contributed by atoms with Crippen LogP contribution in [0.4, 0.5) is 5.69 Å². The molecule has 1 heterocycles. The number of nitrogens with one attached hydrogen (secondary N) is 1. The first-order valence-corrected chi connectivity index (χ1v) is 12.4. The lowest BCUT2D eigenvalue weighted by Gasteiger charge is -2.21. The second kappa shape index (κ2) is 10.2. The van der Waals surface area contributed by atoms with Crippen LogP contribution in [0.15, 0.2) is 52.2 Å². The molecule has 0 saturated heterocycles. The molecule has 0 aliphatic heterocycles. The predicted molar refractivity (Wildman–Crippen MR) is 128 cm³/mol. The van der Waals surface area contributed by atoms with Gasteiger partial charge in [-0.2, -0.15) is 4.31 Å². The van der Waals surface area contributed by atoms with E-state index in [1.165, 1.54) is 10.4 Å². The van der Waals surface area contributed by atoms with Crippen molar-refractivity contribution in [2.75, 3.05) is 25.0 Å². The molecule has 33 heavy (non-hydrogen) atoms. The smallest absolute Gasteiger partial charge is 0.328 e. The van der Waals surface area contributed by atoms with E-state index in [2.05, 4.69) is 5.32 Å². The Balaban J connectivity index is 1.82. The minimum absolute atomic E-state index is 0.0103. The number of carbonyl (C=O) groups excluding carboxylic acids is 1. The average molecular weight is 475 g/mol. The van der Waals surface area contributed by atoms with Crippen LogP contribution in [0.2, 0.25) is 0 Å². The van der Waals surface area contributed by atoms with Crippen molar-refractivity contribution in [1.82, 2.24) is 13.4 Å². The van der Waals surface area contributed by atoms with E-state index in [0.29, 0.717) is 25.4 Å². The van der Waals surface area contributed by atoms with Gasteiger partial charge in [0, 0.05) is 38.8 Å². The summed E-state index contributed by atoms with van der Waals surface area (Å²) in [5.41, 5.74) is 1.70. The van der Waals surface area contributed by atoms with Gasteiger partial charge in [0.15, 0.2) is 0 Å². The number of carbonyl (C=O) groups is 1. The number of rotatable bonds is 10. The van der Waals surface area contributed by atoms with E-state index in [1.807, 2.05) is 24.3 Å². The standard InChI is InChI=1S/C23H30N4O5S/c1-5-26(6-2)33(30,31)21-16-17(12-13-20(21)32-7-3)24-22(28)14-15-27-19-11-9-8-10-18(19)25(4)23(27)29/h8-13,16H,5-7,14-15H2,1-4H3,(H,24,28). The number of benzene rings is 2. The molecule has 0 aliphatic rings. The molecule has 0 unspecified atom stereocenters. The van der Waals surface area contributed by atoms with E-state index in [4.69, 9.17) is 4.74 Å². The summed E-state index contributed by atoms with van der Waals surface area (Å²) in [5, 5.41) is 2.74. The quantitative estimate of drug-likeness (QED) is 0.487. The largest absolute Gasteiger partial charge is 0.492 e. The molecular weight excluding hydrogens is 444 g/mol. The SMILES string of the molecule is CCOc1ccc(NC(=O)CCn2c(=O)n(C)c3ccccc32)cc1S(=O)(=O)N(CC)CC. The Kier molecular flexibility index (Phi) is 7.60. The molecule has 0 bridgehead atoms. The average Bonchev–Trinajstić information content (AvgIpc) is 3.04. The van der Waals surface area contributed by atoms with Crippen LogP contribution >= 0.6 is 0 Å². The summed E-state index contributed by atoms with van der Waals surface area (Å²) in [5.74, 6) is -0.0881. The first-order chi connectivity index (χ1) is 15.7. The van der Waals surface area contributed by atoms with Crippen molar-refractivity contribution in [2.24, 2.45) is 7.05 Å². The van der Waals surface area contributed by atoms with Crippen molar-refractivity contribution in [2.45, 2.75) is 38.6 Å². The molecule has 0 aliphatic carbocycles. The number of imidazole rings is 1. The van der Waals surface area contributed by atoms with Gasteiger partial charge in [0.1, 0.15) is 10.6 Å². The van der Waals surface area contributed by atoms with Crippen LogP contribution in [0, 0.1) is 0 Å². The number of ether oxygens (including phenoxy) is 1. The summed E-state index contributed by atoms with van der Waals surface area (Å²) in [6.45, 7) is 6.46. The molecule has 1 aromatic heterocycles. The summed E-state index contributed by atoms with van der Waals surface area (Å²) in [6.07, 6.45) is 0.0548. The van der Waals surface area contributed by atoms with Gasteiger partial charge in [-0.1, -0.05) is 26.0 Å². The Morgan fingerprint density at radius 3 is 2.36 bits per heavy atom. The second-order valence-corrected chi connectivity index (χ2v) is 9.37. The minimum atomic E-state index is -3.79. The number of anilines is 1. The number of hydrogen-bond acceptors (Lipinski definition) is 5. The van der Waals surface area contributed by atoms with Crippen molar-refractivity contribution >= 4 is 32.7 Å². The maximum atomic E-state index is 13.1. The zero-order chi connectivity index (χ0) is 24.2. The highest BCUT2D eigenvalue weighted by atomic mass is 32.2. The minimum Gasteiger partial charge on any atom is -0.492 e. The molecular formula is C23H30N4O5S. The Morgan fingerprint density at radius 2 is 1.73 bits per heavy atom. The van der Waals surface area contributed by atoms with E-state index in [0.717, 1.165) is 11.0 Å². The zero-order valence-corrected chi connectivity index (χ0v) is 20.2. The number of hydrogen-bond donors (Lipinski definition) is 1. The second-order valence-electron chi connectivity index (χ2n) is 7.46. The third-order valence-corrected chi connectivity index (χ3v) is 7.54. The van der Waals surface area contributed by atoms with Gasteiger partial charge >= 0.3 is 5.69 Å². The predicted octanol–water partition coefficient (Wildman–Crippen LogP) is 2.80. The highest BCUT2D eigenvalue weighted by Gasteiger charge is 2.26. The highest BCUT2D eigenvalue weighted by Crippen LogP contribution is 2.30. The number of aromatic nitrogens is 2. The van der Waals surface area contributed by atoms with Crippen molar-refractivity contribution in [3.63, 3.8) is 0 Å². The first-order valence-electron chi connectivity index (χ1n) is 11.0. The molecule has 10 heteroatoms. The lowest BCUT2D eigenvalue weighted by molar-refractivity contribution is -0.116. The zero-order valence-electron chi connectivity index (χ0n) is 19.4. The van der Waals surface area contributed by atoms with Gasteiger partial charge in [-0.25, -0.2) is 13.2 Å². The fourth-order valence-corrected chi connectivity index (χ4v) is 5.40. The van der Waals surface area contributed by atoms with Crippen molar-refractivity contribution in [3.8, 4) is 5.75 Å². The van der Waals surface area contributed by atoms with Gasteiger partial charge in [-0.05, 0) is 37.3 Å². The molecule has 9 nitrogen and oxygen atoms in total. The van der Waals surface area contributed by atoms with Crippen LogP contribution in [0.5, 0.6) is 5.75 Å². The van der Waals surface area contributed by atoms with Crippen LogP contribution in [-0.4, -0.2) is 47.5 Å². The van der Waals surface area contributed by atoms with Gasteiger partial charge in [0.25, 0.3) is 0 Å². The molecule has 1 amide bonds. The highest BCUT2D eigenvalue weighted by molar-refractivity contribution is 7.89. The fourth-order valence-electron chi connectivity index (χ4n) is 3.78. The molecule has 1 N–H and O–H groups in total. The Bertz CT molecular complexity index is 1310. The number of para-hydroxylation sites is 2. The van der Waals surface area contributed by atoms with Crippen LogP contribution in [0.3, 0.4) is 0 Å². The third kappa shape index (κ3) is 4.96. The normalized spacial score (nSPS) is 11.8. The number of sulfonamides is 1. The van der Waals surface area contributed by atoms with Crippen molar-refractivity contribution in [1.29, 1.82) is 0 Å². The van der Waals surface area contributed by atoms with E-state index < -0.39 is 10.0 Å². The van der Waals surface area contributed by atoms with Gasteiger partial charge in [-0.15, -0.1) is 0 Å². The molecule has 2 aromatic carbocycles. The van der Waals surface area contributed by atoms with Gasteiger partial charge < -0.3 is 10.1 Å². The maximum Gasteiger partial charge on any atom is 0.328 e. The lowest BCUT2D eigenvalue weighted by Crippen LogP contribution is -2.31. The van der Waals surface area contributed by atoms with Crippen LogP contribution in [0.25, 0.3) is 11.0 Å². The molecule has 0 saturated carbocycles. The molecule has 0 radical (unpaired) electrons. The molecule has 0 fully saturated rings. The van der Waals surface area contributed by atoms with Gasteiger partial charge in [0.2, 0.25) is 15.9 Å². The molecule has 178 valence electrons. The van der Waals surface area contributed by atoms with Crippen LogP contribution < -0.4 is 15.7 Å². The molecule has 0 spiro atoms. The summed E-state index contributed by atoms with van der Waals surface area (Å²) in [7, 11) is -2.09. The van der Waals surface area contributed by atoms with Gasteiger partial charge in [0.05, 0.1) is 17.6 Å². The van der Waals surface area contributed by atoms with Crippen LogP contribution in [-0.2, 0) is 28.4 Å². The molecule has 3 aromatic rings. The van der Waals surface area contributed by atoms with Crippen molar-refractivity contribution < 1.29 is 17.9 Å². The Morgan fingerprint density at radius 1 is 1.06 bits per heavy atom. The first kappa shape index (κ1) is 24.5. The third-order valence-electron chi connectivity index (χ3n) is 5.46. The monoisotopic (exact) mass is 474 g/mol. The summed E-state index contributed by atoms with van der Waals surface area (Å²) in [4.78, 5) is 25.2. The summed E-state index contributed by atoms with van der Waals surface area (Å²) < 4.78 is 36.2. The Hall–Kier alpha value is -3.11. The maximum absolute atomic E-state index is 13.1. The van der Waals surface area contributed by atoms with E-state index in [9.17, 15) is 18.0 Å². The van der Waals surface area contributed by atoms with Crippen molar-refractivity contribution in [3.05, 3.63) is 52.9 Å². The van der Waals surface area contributed by atoms with Gasteiger partial charge in [-0.3, -0.25) is 13.9 Å². The summed E-state index contributed by atoms with van der Waals surface area (Å²) in [6, 6.07) is 12.0.